The molecule has 0 aromatic heterocycles. The SMILES string of the molecule is CCl.Cc1cc(OCC[NH3+])c(F)cc1C#N. The van der Waals surface area contributed by atoms with Gasteiger partial charge < -0.3 is 10.5 Å². The lowest BCUT2D eigenvalue weighted by Gasteiger charge is -2.06. The van der Waals surface area contributed by atoms with Gasteiger partial charge in [0, 0.05) is 6.38 Å². The van der Waals surface area contributed by atoms with Crippen molar-refractivity contribution >= 4 is 11.6 Å². The molecule has 1 aromatic rings. The molecular weight excluding hydrogens is 231 g/mol. The summed E-state index contributed by atoms with van der Waals surface area (Å²) in [6, 6.07) is 4.63. The number of nitriles is 1. The lowest BCUT2D eigenvalue weighted by atomic mass is 10.1. The monoisotopic (exact) mass is 245 g/mol. The van der Waals surface area contributed by atoms with E-state index in [4.69, 9.17) is 10.00 Å². The van der Waals surface area contributed by atoms with Gasteiger partial charge >= 0.3 is 0 Å². The van der Waals surface area contributed by atoms with Crippen molar-refractivity contribution < 1.29 is 14.9 Å². The van der Waals surface area contributed by atoms with Gasteiger partial charge in [-0.1, -0.05) is 0 Å². The van der Waals surface area contributed by atoms with Crippen molar-refractivity contribution in [2.24, 2.45) is 0 Å². The maximum atomic E-state index is 13.2. The molecule has 0 fully saturated rings. The molecule has 0 bridgehead atoms. The maximum Gasteiger partial charge on any atom is 0.166 e. The molecule has 0 spiro atoms. The summed E-state index contributed by atoms with van der Waals surface area (Å²) in [4.78, 5) is 0. The largest absolute Gasteiger partial charge is 0.485 e. The average Bonchev–Trinajstić information content (AvgIpc) is 2.32. The van der Waals surface area contributed by atoms with Crippen LogP contribution in [-0.4, -0.2) is 19.5 Å². The van der Waals surface area contributed by atoms with Gasteiger partial charge in [0.05, 0.1) is 11.6 Å². The molecule has 0 saturated heterocycles. The minimum Gasteiger partial charge on any atom is -0.485 e. The summed E-state index contributed by atoms with van der Waals surface area (Å²) in [7, 11) is 0. The van der Waals surface area contributed by atoms with Crippen LogP contribution >= 0.6 is 11.6 Å². The predicted octanol–water partition coefficient (Wildman–Crippen LogP) is 1.48. The molecule has 0 radical (unpaired) electrons. The van der Waals surface area contributed by atoms with Crippen molar-refractivity contribution in [2.45, 2.75) is 6.92 Å². The molecule has 3 N–H and O–H groups in total. The number of nitrogens with zero attached hydrogens (tertiary/aromatic N) is 1. The summed E-state index contributed by atoms with van der Waals surface area (Å²) in [5, 5.41) is 8.64. The molecule has 0 atom stereocenters. The Morgan fingerprint density at radius 3 is 2.62 bits per heavy atom. The molecule has 16 heavy (non-hydrogen) atoms. The number of alkyl halides is 1. The molecule has 0 amide bonds. The fourth-order valence-electron chi connectivity index (χ4n) is 1.07. The van der Waals surface area contributed by atoms with E-state index in [1.807, 2.05) is 6.07 Å². The number of benzene rings is 1. The van der Waals surface area contributed by atoms with Crippen LogP contribution in [0.4, 0.5) is 4.39 Å². The van der Waals surface area contributed by atoms with E-state index in [1.165, 1.54) is 18.5 Å². The van der Waals surface area contributed by atoms with E-state index in [0.29, 0.717) is 24.3 Å². The third kappa shape index (κ3) is 4.05. The van der Waals surface area contributed by atoms with E-state index in [0.717, 1.165) is 0 Å². The fraction of sp³-hybridized carbons (Fsp3) is 0.364. The van der Waals surface area contributed by atoms with E-state index in [9.17, 15) is 4.39 Å². The van der Waals surface area contributed by atoms with Crippen LogP contribution in [0.25, 0.3) is 0 Å². The molecule has 0 aliphatic carbocycles. The molecule has 0 unspecified atom stereocenters. The number of ether oxygens (including phenoxy) is 1. The van der Waals surface area contributed by atoms with Gasteiger partial charge in [0.25, 0.3) is 0 Å². The van der Waals surface area contributed by atoms with Crippen molar-refractivity contribution in [3.8, 4) is 11.8 Å². The third-order valence-electron chi connectivity index (χ3n) is 1.80. The molecule has 0 heterocycles. The topological polar surface area (TPSA) is 60.7 Å². The Kier molecular flexibility index (Phi) is 7.27. The second-order valence-corrected chi connectivity index (χ2v) is 2.91. The van der Waals surface area contributed by atoms with Crippen molar-refractivity contribution in [3.05, 3.63) is 29.1 Å². The molecule has 0 aliphatic rings. The Bertz CT molecular complexity index is 377. The Labute approximate surface area is 99.6 Å². The molecule has 0 aliphatic heterocycles. The Balaban J connectivity index is 0.00000106. The first-order valence-electron chi connectivity index (χ1n) is 4.69. The zero-order valence-corrected chi connectivity index (χ0v) is 10.1. The van der Waals surface area contributed by atoms with Gasteiger partial charge in [0.1, 0.15) is 13.2 Å². The molecule has 3 nitrogen and oxygen atoms in total. The van der Waals surface area contributed by atoms with Gasteiger partial charge in [-0.3, -0.25) is 0 Å². The molecule has 5 heteroatoms. The van der Waals surface area contributed by atoms with Crippen LogP contribution in [0.3, 0.4) is 0 Å². The van der Waals surface area contributed by atoms with Crippen molar-refractivity contribution in [2.75, 3.05) is 19.5 Å². The highest BCUT2D eigenvalue weighted by molar-refractivity contribution is 6.15. The third-order valence-corrected chi connectivity index (χ3v) is 1.80. The number of aryl methyl sites for hydroxylation is 1. The summed E-state index contributed by atoms with van der Waals surface area (Å²) in [5.74, 6) is -0.314. The molecular formula is C11H15ClFN2O+. The van der Waals surface area contributed by atoms with Gasteiger partial charge in [-0.15, -0.1) is 11.6 Å². The quantitative estimate of drug-likeness (QED) is 0.820. The smallest absolute Gasteiger partial charge is 0.166 e. The van der Waals surface area contributed by atoms with Crippen LogP contribution in [0.2, 0.25) is 0 Å². The minimum absolute atomic E-state index is 0.185. The zero-order valence-electron chi connectivity index (χ0n) is 9.39. The standard InChI is InChI=1S/C10H11FN2O.CH3Cl/c1-7-4-10(14-3-2-12)9(11)5-8(7)6-13;1-2/h4-5H,2-3,12H2,1H3;1H3/p+1. The number of hydrogen-bond acceptors (Lipinski definition) is 2. The lowest BCUT2D eigenvalue weighted by Crippen LogP contribution is -2.52. The van der Waals surface area contributed by atoms with Crippen molar-refractivity contribution in [1.82, 2.24) is 0 Å². The van der Waals surface area contributed by atoms with Crippen LogP contribution in [0.15, 0.2) is 12.1 Å². The van der Waals surface area contributed by atoms with Crippen LogP contribution in [0.1, 0.15) is 11.1 Å². The summed E-state index contributed by atoms with van der Waals surface area (Å²) < 4.78 is 18.4. The van der Waals surface area contributed by atoms with Crippen molar-refractivity contribution in [3.63, 3.8) is 0 Å². The van der Waals surface area contributed by atoms with Crippen LogP contribution in [-0.2, 0) is 0 Å². The number of rotatable bonds is 3. The highest BCUT2D eigenvalue weighted by Gasteiger charge is 2.07. The minimum atomic E-state index is -0.499. The van der Waals surface area contributed by atoms with Crippen molar-refractivity contribution in [1.29, 1.82) is 5.26 Å². The first-order chi connectivity index (χ1) is 7.69. The van der Waals surface area contributed by atoms with Gasteiger partial charge in [-0.25, -0.2) is 4.39 Å². The van der Waals surface area contributed by atoms with Crippen LogP contribution in [0, 0.1) is 24.1 Å². The average molecular weight is 246 g/mol. The van der Waals surface area contributed by atoms with E-state index in [1.54, 1.807) is 6.92 Å². The molecule has 88 valence electrons. The molecule has 1 rings (SSSR count). The maximum absolute atomic E-state index is 13.2. The van der Waals surface area contributed by atoms with Crippen LogP contribution in [0.5, 0.6) is 5.75 Å². The zero-order chi connectivity index (χ0) is 12.6. The Morgan fingerprint density at radius 1 is 1.50 bits per heavy atom. The fourth-order valence-corrected chi connectivity index (χ4v) is 1.07. The highest BCUT2D eigenvalue weighted by atomic mass is 35.5. The number of halogens is 2. The summed E-state index contributed by atoms with van der Waals surface area (Å²) in [5.41, 5.74) is 4.64. The molecule has 1 aromatic carbocycles. The van der Waals surface area contributed by atoms with Gasteiger partial charge in [-0.2, -0.15) is 5.26 Å². The highest BCUT2D eigenvalue weighted by Crippen LogP contribution is 2.21. The van der Waals surface area contributed by atoms with E-state index >= 15 is 0 Å². The summed E-state index contributed by atoms with van der Waals surface area (Å²) >= 11 is 4.64. The number of quaternary nitrogens is 1. The van der Waals surface area contributed by atoms with Gasteiger partial charge in [0.2, 0.25) is 0 Å². The molecule has 0 saturated carbocycles. The van der Waals surface area contributed by atoms with Gasteiger partial charge in [0.15, 0.2) is 11.6 Å². The van der Waals surface area contributed by atoms with Crippen LogP contribution < -0.4 is 10.5 Å². The first kappa shape index (κ1) is 14.7. The second kappa shape index (κ2) is 7.91. The second-order valence-electron chi connectivity index (χ2n) is 2.91. The Morgan fingerprint density at radius 2 is 2.12 bits per heavy atom. The Hall–Kier alpha value is -1.31. The summed E-state index contributed by atoms with van der Waals surface area (Å²) in [6.07, 6.45) is 1.47. The lowest BCUT2D eigenvalue weighted by molar-refractivity contribution is -0.371. The normalized spacial score (nSPS) is 8.75. The van der Waals surface area contributed by atoms with Gasteiger partial charge in [-0.05, 0) is 24.6 Å². The number of hydrogen-bond donors (Lipinski definition) is 1. The van der Waals surface area contributed by atoms with E-state index in [-0.39, 0.29) is 5.75 Å². The first-order valence-corrected chi connectivity index (χ1v) is 5.44. The van der Waals surface area contributed by atoms with E-state index in [2.05, 4.69) is 17.3 Å². The van der Waals surface area contributed by atoms with E-state index < -0.39 is 5.82 Å². The summed E-state index contributed by atoms with van der Waals surface area (Å²) in [6.45, 7) is 2.70. The predicted molar refractivity (Wildman–Crippen MR) is 60.9 cm³/mol.